The summed E-state index contributed by atoms with van der Waals surface area (Å²) in [6, 6.07) is 3.30. The second kappa shape index (κ2) is 5.13. The molecule has 1 aromatic carbocycles. The molecule has 1 aromatic rings. The summed E-state index contributed by atoms with van der Waals surface area (Å²) in [5.41, 5.74) is -0.197. The van der Waals surface area contributed by atoms with Crippen LogP contribution in [0.15, 0.2) is 18.2 Å². The first kappa shape index (κ1) is 13.4. The van der Waals surface area contributed by atoms with Crippen LogP contribution in [0.3, 0.4) is 0 Å². The first-order valence-corrected chi connectivity index (χ1v) is 6.43. The molecule has 0 aliphatic rings. The molecule has 1 N–H and O–H groups in total. The summed E-state index contributed by atoms with van der Waals surface area (Å²) in [5, 5.41) is 0. The second-order valence-corrected chi connectivity index (χ2v) is 5.20. The molecule has 0 radical (unpaired) electrons. The van der Waals surface area contributed by atoms with Gasteiger partial charge >= 0.3 is 5.97 Å². The summed E-state index contributed by atoms with van der Waals surface area (Å²) >= 11 is 0. The predicted molar refractivity (Wildman–Crippen MR) is 60.8 cm³/mol. The highest BCUT2D eigenvalue weighted by molar-refractivity contribution is 7.92. The molecule has 0 aromatic heterocycles. The molecule has 0 fully saturated rings. The van der Waals surface area contributed by atoms with Gasteiger partial charge in [-0.15, -0.1) is 0 Å². The van der Waals surface area contributed by atoms with E-state index in [9.17, 15) is 17.6 Å². The number of carbonyl (C=O) groups excluding carboxylic acids is 1. The fourth-order valence-corrected chi connectivity index (χ4v) is 1.72. The van der Waals surface area contributed by atoms with Gasteiger partial charge in [-0.1, -0.05) is 0 Å². The van der Waals surface area contributed by atoms with E-state index in [-0.39, 0.29) is 17.0 Å². The molecule has 0 saturated heterocycles. The zero-order valence-corrected chi connectivity index (χ0v) is 10.2. The minimum Gasteiger partial charge on any atom is -0.465 e. The summed E-state index contributed by atoms with van der Waals surface area (Å²) < 4.78 is 42.4. The molecule has 5 nitrogen and oxygen atoms in total. The zero-order chi connectivity index (χ0) is 13.1. The number of esters is 1. The second-order valence-electron chi connectivity index (χ2n) is 3.19. The van der Waals surface area contributed by atoms with E-state index in [0.29, 0.717) is 0 Å². The lowest BCUT2D eigenvalue weighted by Crippen LogP contribution is -2.16. The minimum atomic E-state index is -3.59. The van der Waals surface area contributed by atoms with Crippen molar-refractivity contribution in [1.82, 2.24) is 0 Å². The topological polar surface area (TPSA) is 72.5 Å². The average Bonchev–Trinajstić information content (AvgIpc) is 2.30. The number of anilines is 1. The number of methoxy groups -OCH3 is 1. The number of hydrogen-bond donors (Lipinski definition) is 1. The number of sulfonamides is 1. The molecule has 0 atom stereocenters. The van der Waals surface area contributed by atoms with Crippen LogP contribution in [0.25, 0.3) is 0 Å². The molecule has 0 spiro atoms. The van der Waals surface area contributed by atoms with E-state index in [4.69, 9.17) is 0 Å². The van der Waals surface area contributed by atoms with Crippen LogP contribution < -0.4 is 4.72 Å². The first-order valence-electron chi connectivity index (χ1n) is 4.78. The summed E-state index contributed by atoms with van der Waals surface area (Å²) in [6.45, 7) is 1.42. The van der Waals surface area contributed by atoms with E-state index in [1.54, 1.807) is 0 Å². The number of ether oxygens (including phenoxy) is 1. The number of rotatable bonds is 4. The summed E-state index contributed by atoms with van der Waals surface area (Å²) in [6.07, 6.45) is 0. The van der Waals surface area contributed by atoms with Crippen LogP contribution in [0.4, 0.5) is 10.1 Å². The summed E-state index contributed by atoms with van der Waals surface area (Å²) in [4.78, 5) is 11.2. The van der Waals surface area contributed by atoms with Crippen molar-refractivity contribution in [2.24, 2.45) is 0 Å². The van der Waals surface area contributed by atoms with Gasteiger partial charge in [-0.05, 0) is 25.1 Å². The van der Waals surface area contributed by atoms with Gasteiger partial charge in [0.1, 0.15) is 5.82 Å². The molecule has 0 aliphatic heterocycles. The number of carbonyl (C=O) groups is 1. The Morgan fingerprint density at radius 3 is 2.65 bits per heavy atom. The monoisotopic (exact) mass is 261 g/mol. The van der Waals surface area contributed by atoms with Crippen molar-refractivity contribution in [3.05, 3.63) is 29.6 Å². The van der Waals surface area contributed by atoms with Gasteiger partial charge in [-0.2, -0.15) is 0 Å². The number of benzene rings is 1. The molecule has 94 valence electrons. The standard InChI is InChI=1S/C10H12FNO4S/c1-3-17(14,15)12-9-6-7(10(13)16-2)4-5-8(9)11/h4-6,12H,3H2,1-2H3. The Labute approximate surface area is 98.6 Å². The SMILES string of the molecule is CCS(=O)(=O)Nc1cc(C(=O)OC)ccc1F. The fraction of sp³-hybridized carbons (Fsp3) is 0.300. The van der Waals surface area contributed by atoms with Crippen molar-refractivity contribution in [3.8, 4) is 0 Å². The van der Waals surface area contributed by atoms with Crippen LogP contribution >= 0.6 is 0 Å². The van der Waals surface area contributed by atoms with Crippen LogP contribution in [0.2, 0.25) is 0 Å². The van der Waals surface area contributed by atoms with Crippen molar-refractivity contribution >= 4 is 21.7 Å². The molecule has 0 aliphatic carbocycles. The van der Waals surface area contributed by atoms with Gasteiger partial charge in [0.2, 0.25) is 10.0 Å². The smallest absolute Gasteiger partial charge is 0.337 e. The molecule has 7 heteroatoms. The molecule has 0 saturated carbocycles. The third-order valence-electron chi connectivity index (χ3n) is 2.03. The highest BCUT2D eigenvalue weighted by Gasteiger charge is 2.14. The van der Waals surface area contributed by atoms with E-state index >= 15 is 0 Å². The fourth-order valence-electron chi connectivity index (χ4n) is 1.09. The number of nitrogens with one attached hydrogen (secondary N) is 1. The highest BCUT2D eigenvalue weighted by atomic mass is 32.2. The van der Waals surface area contributed by atoms with Gasteiger partial charge in [0.15, 0.2) is 0 Å². The number of hydrogen-bond acceptors (Lipinski definition) is 4. The Bertz CT molecular complexity index is 527. The molecular formula is C10H12FNO4S. The van der Waals surface area contributed by atoms with Crippen LogP contribution in [-0.2, 0) is 14.8 Å². The van der Waals surface area contributed by atoms with Gasteiger partial charge < -0.3 is 4.74 Å². The molecular weight excluding hydrogens is 249 g/mol. The van der Waals surface area contributed by atoms with E-state index in [1.807, 2.05) is 4.72 Å². The summed E-state index contributed by atoms with van der Waals surface area (Å²) in [5.74, 6) is -1.61. The Morgan fingerprint density at radius 2 is 2.12 bits per heavy atom. The first-order chi connectivity index (χ1) is 7.89. The van der Waals surface area contributed by atoms with E-state index in [2.05, 4.69) is 4.74 Å². The molecule has 0 unspecified atom stereocenters. The Kier molecular flexibility index (Phi) is 4.06. The van der Waals surface area contributed by atoms with Gasteiger partial charge in [0, 0.05) is 0 Å². The highest BCUT2D eigenvalue weighted by Crippen LogP contribution is 2.18. The van der Waals surface area contributed by atoms with Crippen LogP contribution in [0.1, 0.15) is 17.3 Å². The predicted octanol–water partition coefficient (Wildman–Crippen LogP) is 1.37. The molecule has 0 bridgehead atoms. The van der Waals surface area contributed by atoms with Gasteiger partial charge in [-0.3, -0.25) is 4.72 Å². The maximum atomic E-state index is 13.3. The molecule has 0 heterocycles. The number of halogens is 1. The van der Waals surface area contributed by atoms with Gasteiger partial charge in [0.25, 0.3) is 0 Å². The van der Waals surface area contributed by atoms with E-state index < -0.39 is 21.8 Å². The third kappa shape index (κ3) is 3.42. The van der Waals surface area contributed by atoms with Crippen molar-refractivity contribution in [2.45, 2.75) is 6.92 Å². The Hall–Kier alpha value is -1.63. The van der Waals surface area contributed by atoms with E-state index in [0.717, 1.165) is 12.1 Å². The largest absolute Gasteiger partial charge is 0.465 e. The van der Waals surface area contributed by atoms with Crippen molar-refractivity contribution < 1.29 is 22.3 Å². The zero-order valence-electron chi connectivity index (χ0n) is 9.36. The van der Waals surface area contributed by atoms with Crippen molar-refractivity contribution in [2.75, 3.05) is 17.6 Å². The maximum absolute atomic E-state index is 13.3. The third-order valence-corrected chi connectivity index (χ3v) is 3.32. The minimum absolute atomic E-state index is 0.0719. The van der Waals surface area contributed by atoms with Crippen LogP contribution in [0, 0.1) is 5.82 Å². The van der Waals surface area contributed by atoms with Crippen molar-refractivity contribution in [3.63, 3.8) is 0 Å². The normalized spacial score (nSPS) is 11.0. The Balaban J connectivity index is 3.11. The van der Waals surface area contributed by atoms with Crippen LogP contribution in [-0.4, -0.2) is 27.2 Å². The quantitative estimate of drug-likeness (QED) is 0.831. The lowest BCUT2D eigenvalue weighted by Gasteiger charge is -2.08. The molecule has 17 heavy (non-hydrogen) atoms. The lowest BCUT2D eigenvalue weighted by molar-refractivity contribution is 0.0600. The van der Waals surface area contributed by atoms with Crippen molar-refractivity contribution in [1.29, 1.82) is 0 Å². The van der Waals surface area contributed by atoms with Gasteiger partial charge in [0.05, 0.1) is 24.1 Å². The van der Waals surface area contributed by atoms with E-state index in [1.165, 1.54) is 20.1 Å². The molecule has 0 amide bonds. The average molecular weight is 261 g/mol. The summed E-state index contributed by atoms with van der Waals surface area (Å²) in [7, 11) is -2.40. The lowest BCUT2D eigenvalue weighted by atomic mass is 10.2. The van der Waals surface area contributed by atoms with Crippen LogP contribution in [0.5, 0.6) is 0 Å². The maximum Gasteiger partial charge on any atom is 0.337 e. The Morgan fingerprint density at radius 1 is 1.47 bits per heavy atom. The molecule has 1 rings (SSSR count). The van der Waals surface area contributed by atoms with Gasteiger partial charge in [-0.25, -0.2) is 17.6 Å².